The third-order valence-corrected chi connectivity index (χ3v) is 2.31. The van der Waals surface area contributed by atoms with E-state index < -0.39 is 6.04 Å². The first-order chi connectivity index (χ1) is 7.30. The molecule has 1 rings (SSSR count). The normalized spacial score (nSPS) is 13.3. The van der Waals surface area contributed by atoms with E-state index in [9.17, 15) is 9.18 Å². The fourth-order valence-electron chi connectivity index (χ4n) is 1.18. The number of nitrogens with one attached hydrogen (secondary N) is 1. The molecule has 4 heteroatoms. The molecule has 0 radical (unpaired) electrons. The Morgan fingerprint density at radius 3 is 2.56 bits per heavy atom. The summed E-state index contributed by atoms with van der Waals surface area (Å²) in [6, 6.07) is 5.10. The minimum Gasteiger partial charge on any atom is -0.325 e. The van der Waals surface area contributed by atoms with E-state index >= 15 is 0 Å². The SMILES string of the molecule is CC(C)(C)[C@@H](N)C(=O)Nc1cccc(F)c1. The van der Waals surface area contributed by atoms with Gasteiger partial charge in [-0.25, -0.2) is 4.39 Å². The fraction of sp³-hybridized carbons (Fsp3) is 0.417. The molecule has 0 aliphatic carbocycles. The highest BCUT2D eigenvalue weighted by Gasteiger charge is 2.27. The van der Waals surface area contributed by atoms with Crippen molar-refractivity contribution >= 4 is 11.6 Å². The molecule has 0 unspecified atom stereocenters. The molecule has 1 atom stereocenters. The minimum atomic E-state index is -0.629. The first-order valence-corrected chi connectivity index (χ1v) is 5.13. The standard InChI is InChI=1S/C12H17FN2O/c1-12(2,3)10(14)11(16)15-9-6-4-5-8(13)7-9/h4-7,10H,14H2,1-3H3,(H,15,16)/t10-/m0/s1. The van der Waals surface area contributed by atoms with E-state index in [4.69, 9.17) is 5.73 Å². The maximum absolute atomic E-state index is 12.9. The van der Waals surface area contributed by atoms with Crippen molar-refractivity contribution in [3.63, 3.8) is 0 Å². The first-order valence-electron chi connectivity index (χ1n) is 5.13. The van der Waals surface area contributed by atoms with Crippen molar-refractivity contribution in [2.45, 2.75) is 26.8 Å². The maximum atomic E-state index is 12.9. The van der Waals surface area contributed by atoms with Gasteiger partial charge in [-0.2, -0.15) is 0 Å². The van der Waals surface area contributed by atoms with E-state index in [0.29, 0.717) is 5.69 Å². The largest absolute Gasteiger partial charge is 0.325 e. The predicted molar refractivity (Wildman–Crippen MR) is 62.5 cm³/mol. The quantitative estimate of drug-likeness (QED) is 0.808. The summed E-state index contributed by atoms with van der Waals surface area (Å²) in [6.07, 6.45) is 0. The van der Waals surface area contributed by atoms with Gasteiger partial charge < -0.3 is 11.1 Å². The lowest BCUT2D eigenvalue weighted by molar-refractivity contribution is -0.119. The Hall–Kier alpha value is -1.42. The molecule has 0 heterocycles. The van der Waals surface area contributed by atoms with Crippen molar-refractivity contribution in [1.29, 1.82) is 0 Å². The van der Waals surface area contributed by atoms with Crippen molar-refractivity contribution < 1.29 is 9.18 Å². The van der Waals surface area contributed by atoms with Gasteiger partial charge in [-0.05, 0) is 23.6 Å². The van der Waals surface area contributed by atoms with Gasteiger partial charge in [0.1, 0.15) is 5.82 Å². The zero-order chi connectivity index (χ0) is 12.3. The highest BCUT2D eigenvalue weighted by molar-refractivity contribution is 5.95. The van der Waals surface area contributed by atoms with Gasteiger partial charge >= 0.3 is 0 Å². The molecule has 16 heavy (non-hydrogen) atoms. The Morgan fingerprint density at radius 1 is 1.44 bits per heavy atom. The highest BCUT2D eigenvalue weighted by Crippen LogP contribution is 2.19. The summed E-state index contributed by atoms with van der Waals surface area (Å²) in [7, 11) is 0. The fourth-order valence-corrected chi connectivity index (χ4v) is 1.18. The van der Waals surface area contributed by atoms with Crippen LogP contribution in [0.3, 0.4) is 0 Å². The maximum Gasteiger partial charge on any atom is 0.241 e. The summed E-state index contributed by atoms with van der Waals surface area (Å²) in [5.74, 6) is -0.694. The van der Waals surface area contributed by atoms with Crippen molar-refractivity contribution in [1.82, 2.24) is 0 Å². The Balaban J connectivity index is 2.72. The number of anilines is 1. The minimum absolute atomic E-state index is 0.307. The Labute approximate surface area is 94.8 Å². The van der Waals surface area contributed by atoms with Gasteiger partial charge in [0.05, 0.1) is 6.04 Å². The molecule has 88 valence electrons. The number of carbonyl (C=O) groups is 1. The zero-order valence-electron chi connectivity index (χ0n) is 9.75. The van der Waals surface area contributed by atoms with Crippen LogP contribution in [0.1, 0.15) is 20.8 Å². The molecular formula is C12H17FN2O. The number of benzene rings is 1. The molecular weight excluding hydrogens is 207 g/mol. The first kappa shape index (κ1) is 12.6. The van der Waals surface area contributed by atoms with E-state index in [0.717, 1.165) is 0 Å². The number of carbonyl (C=O) groups excluding carboxylic acids is 1. The molecule has 0 fully saturated rings. The lowest BCUT2D eigenvalue weighted by Crippen LogP contribution is -2.45. The van der Waals surface area contributed by atoms with E-state index in [1.54, 1.807) is 6.07 Å². The van der Waals surface area contributed by atoms with E-state index in [1.165, 1.54) is 18.2 Å². The second kappa shape index (κ2) is 4.61. The monoisotopic (exact) mass is 224 g/mol. The summed E-state index contributed by atoms with van der Waals surface area (Å²) in [5, 5.41) is 2.59. The third-order valence-electron chi connectivity index (χ3n) is 2.31. The van der Waals surface area contributed by atoms with Gasteiger partial charge in [0, 0.05) is 5.69 Å². The lowest BCUT2D eigenvalue weighted by Gasteiger charge is -2.25. The highest BCUT2D eigenvalue weighted by atomic mass is 19.1. The van der Waals surface area contributed by atoms with Crippen LogP contribution >= 0.6 is 0 Å². The van der Waals surface area contributed by atoms with Gasteiger partial charge in [-0.15, -0.1) is 0 Å². The van der Waals surface area contributed by atoms with Crippen LogP contribution in [0.5, 0.6) is 0 Å². The van der Waals surface area contributed by atoms with Crippen molar-refractivity contribution in [3.8, 4) is 0 Å². The molecule has 1 amide bonds. The van der Waals surface area contributed by atoms with Crippen LogP contribution in [0, 0.1) is 11.2 Å². The van der Waals surface area contributed by atoms with Gasteiger partial charge in [0.25, 0.3) is 0 Å². The van der Waals surface area contributed by atoms with Crippen LogP contribution in [-0.4, -0.2) is 11.9 Å². The summed E-state index contributed by atoms with van der Waals surface area (Å²) in [5.41, 5.74) is 5.87. The molecule has 3 nitrogen and oxygen atoms in total. The Morgan fingerprint density at radius 2 is 2.06 bits per heavy atom. The smallest absolute Gasteiger partial charge is 0.241 e. The van der Waals surface area contributed by atoms with Gasteiger partial charge in [-0.3, -0.25) is 4.79 Å². The average molecular weight is 224 g/mol. The van der Waals surface area contributed by atoms with E-state index in [-0.39, 0.29) is 17.1 Å². The van der Waals surface area contributed by atoms with Crippen LogP contribution in [0.15, 0.2) is 24.3 Å². The number of amides is 1. The second-order valence-corrected chi connectivity index (χ2v) is 4.84. The van der Waals surface area contributed by atoms with Crippen molar-refractivity contribution in [2.75, 3.05) is 5.32 Å². The predicted octanol–water partition coefficient (Wildman–Crippen LogP) is 2.14. The summed E-state index contributed by atoms with van der Waals surface area (Å²) < 4.78 is 12.9. The van der Waals surface area contributed by atoms with Crippen LogP contribution in [0.4, 0.5) is 10.1 Å². The molecule has 1 aromatic rings. The number of nitrogens with two attached hydrogens (primary N) is 1. The molecule has 0 saturated heterocycles. The molecule has 0 saturated carbocycles. The second-order valence-electron chi connectivity index (χ2n) is 4.84. The van der Waals surface area contributed by atoms with Gasteiger partial charge in [-0.1, -0.05) is 26.8 Å². The molecule has 0 aromatic heterocycles. The molecule has 3 N–H and O–H groups in total. The van der Waals surface area contributed by atoms with Crippen LogP contribution in [0.25, 0.3) is 0 Å². The van der Waals surface area contributed by atoms with Crippen molar-refractivity contribution in [2.24, 2.45) is 11.1 Å². The van der Waals surface area contributed by atoms with E-state index in [1.807, 2.05) is 20.8 Å². The number of hydrogen-bond donors (Lipinski definition) is 2. The van der Waals surface area contributed by atoms with Crippen molar-refractivity contribution in [3.05, 3.63) is 30.1 Å². The van der Waals surface area contributed by atoms with E-state index in [2.05, 4.69) is 5.32 Å². The van der Waals surface area contributed by atoms with Gasteiger partial charge in [0.2, 0.25) is 5.91 Å². The molecule has 0 bridgehead atoms. The lowest BCUT2D eigenvalue weighted by atomic mass is 9.87. The third kappa shape index (κ3) is 3.31. The van der Waals surface area contributed by atoms with Crippen LogP contribution in [0.2, 0.25) is 0 Å². The van der Waals surface area contributed by atoms with Crippen LogP contribution in [-0.2, 0) is 4.79 Å². The van der Waals surface area contributed by atoms with Gasteiger partial charge in [0.15, 0.2) is 0 Å². The van der Waals surface area contributed by atoms with Crippen LogP contribution < -0.4 is 11.1 Å². The average Bonchev–Trinajstić information content (AvgIpc) is 2.15. The Kier molecular flexibility index (Phi) is 3.65. The zero-order valence-corrected chi connectivity index (χ0v) is 9.75. The topological polar surface area (TPSA) is 55.1 Å². The molecule has 1 aromatic carbocycles. The molecule has 0 aliphatic rings. The Bertz CT molecular complexity index is 385. The molecule has 0 aliphatic heterocycles. The summed E-state index contributed by atoms with van der Waals surface area (Å²) in [6.45, 7) is 5.63. The summed E-state index contributed by atoms with van der Waals surface area (Å²) in [4.78, 5) is 11.7. The molecule has 0 spiro atoms. The number of halogens is 1. The number of hydrogen-bond acceptors (Lipinski definition) is 2. The summed E-state index contributed by atoms with van der Waals surface area (Å²) >= 11 is 0. The number of rotatable bonds is 2.